The first-order valence-corrected chi connectivity index (χ1v) is 12.5. The number of thioether (sulfide) groups is 1. The summed E-state index contributed by atoms with van der Waals surface area (Å²) in [5.74, 6) is 4.09. The molecular weight excluding hydrogens is 468 g/mol. The Balaban J connectivity index is 1.42. The molecule has 0 radical (unpaired) electrons. The molecule has 0 bridgehead atoms. The summed E-state index contributed by atoms with van der Waals surface area (Å²) in [4.78, 5) is 29.6. The minimum absolute atomic E-state index is 0.0462. The summed E-state index contributed by atoms with van der Waals surface area (Å²) in [6, 6.07) is 12.9. The van der Waals surface area contributed by atoms with E-state index >= 15 is 0 Å². The second kappa shape index (κ2) is 11.7. The van der Waals surface area contributed by atoms with Crippen LogP contribution in [0.2, 0.25) is 0 Å². The van der Waals surface area contributed by atoms with Gasteiger partial charge in [0.1, 0.15) is 18.1 Å². The van der Waals surface area contributed by atoms with Gasteiger partial charge >= 0.3 is 0 Å². The zero-order valence-corrected chi connectivity index (χ0v) is 20.6. The van der Waals surface area contributed by atoms with Crippen LogP contribution in [-0.4, -0.2) is 64.8 Å². The van der Waals surface area contributed by atoms with Crippen molar-refractivity contribution in [2.75, 3.05) is 38.8 Å². The molecule has 1 N–H and O–H groups in total. The molecule has 3 aromatic rings. The molecule has 0 atom stereocenters. The number of ether oxygens (including phenoxy) is 3. The van der Waals surface area contributed by atoms with Gasteiger partial charge in [0, 0.05) is 43.0 Å². The summed E-state index contributed by atoms with van der Waals surface area (Å²) < 4.78 is 16.7. The minimum Gasteiger partial charge on any atom is -0.497 e. The largest absolute Gasteiger partial charge is 0.497 e. The van der Waals surface area contributed by atoms with E-state index < -0.39 is 0 Å². The zero-order valence-electron chi connectivity index (χ0n) is 19.8. The molecule has 184 valence electrons. The molecule has 1 amide bonds. The standard InChI is InChI=1S/C25H28N4O5S/c1-32-19-5-3-4-17(14-19)16-34-21-8-6-18(15-22(21)33-2)24-26-25(31)20(27-28-24)7-9-23(30)29-10-12-35-13-11-29/h3-6,8,14-15H,7,9-13,16H2,1-2H3,(H,26,28,31). The predicted octanol–water partition coefficient (Wildman–Crippen LogP) is 2.94. The first kappa shape index (κ1) is 24.6. The first-order chi connectivity index (χ1) is 17.1. The lowest BCUT2D eigenvalue weighted by molar-refractivity contribution is -0.130. The quantitative estimate of drug-likeness (QED) is 0.482. The van der Waals surface area contributed by atoms with Crippen molar-refractivity contribution < 1.29 is 19.0 Å². The number of nitrogens with one attached hydrogen (secondary N) is 1. The lowest BCUT2D eigenvalue weighted by Gasteiger charge is -2.26. The Bertz CT molecular complexity index is 1230. The molecule has 1 aliphatic heterocycles. The van der Waals surface area contributed by atoms with Gasteiger partial charge in [-0.05, 0) is 35.9 Å². The third-order valence-electron chi connectivity index (χ3n) is 5.67. The van der Waals surface area contributed by atoms with Crippen LogP contribution in [0.3, 0.4) is 0 Å². The molecule has 35 heavy (non-hydrogen) atoms. The Morgan fingerprint density at radius 2 is 1.89 bits per heavy atom. The Morgan fingerprint density at radius 1 is 1.06 bits per heavy atom. The highest BCUT2D eigenvalue weighted by molar-refractivity contribution is 7.99. The van der Waals surface area contributed by atoms with Crippen LogP contribution in [0.5, 0.6) is 17.2 Å². The van der Waals surface area contributed by atoms with Crippen molar-refractivity contribution in [3.63, 3.8) is 0 Å². The maximum Gasteiger partial charge on any atom is 0.273 e. The Morgan fingerprint density at radius 3 is 2.63 bits per heavy atom. The number of methoxy groups -OCH3 is 2. The summed E-state index contributed by atoms with van der Waals surface area (Å²) >= 11 is 1.85. The third-order valence-corrected chi connectivity index (χ3v) is 6.61. The molecule has 4 rings (SSSR count). The molecule has 9 nitrogen and oxygen atoms in total. The highest BCUT2D eigenvalue weighted by Gasteiger charge is 2.18. The molecule has 1 aromatic heterocycles. The fourth-order valence-electron chi connectivity index (χ4n) is 3.71. The molecule has 0 saturated carbocycles. The van der Waals surface area contributed by atoms with Gasteiger partial charge in [0.15, 0.2) is 17.3 Å². The average molecular weight is 497 g/mol. The van der Waals surface area contributed by atoms with Gasteiger partial charge in [-0.1, -0.05) is 12.1 Å². The van der Waals surface area contributed by atoms with Gasteiger partial charge in [0.05, 0.1) is 14.2 Å². The normalized spacial score (nSPS) is 13.4. The summed E-state index contributed by atoms with van der Waals surface area (Å²) in [6.07, 6.45) is 0.500. The van der Waals surface area contributed by atoms with E-state index in [9.17, 15) is 9.59 Å². The van der Waals surface area contributed by atoms with Crippen molar-refractivity contribution in [3.8, 4) is 28.6 Å². The highest BCUT2D eigenvalue weighted by atomic mass is 32.2. The van der Waals surface area contributed by atoms with Crippen LogP contribution in [0.4, 0.5) is 0 Å². The lowest BCUT2D eigenvalue weighted by Crippen LogP contribution is -2.38. The van der Waals surface area contributed by atoms with Crippen molar-refractivity contribution in [2.45, 2.75) is 19.4 Å². The number of hydrogen-bond acceptors (Lipinski definition) is 8. The van der Waals surface area contributed by atoms with Crippen molar-refractivity contribution in [2.24, 2.45) is 0 Å². The minimum atomic E-state index is -0.352. The first-order valence-electron chi connectivity index (χ1n) is 11.3. The molecule has 1 fully saturated rings. The number of hydrogen-bond donors (Lipinski definition) is 1. The zero-order chi connectivity index (χ0) is 24.6. The van der Waals surface area contributed by atoms with E-state index in [0.29, 0.717) is 29.5 Å². The molecule has 1 saturated heterocycles. The Labute approximate surface area is 207 Å². The van der Waals surface area contributed by atoms with Gasteiger partial charge < -0.3 is 24.1 Å². The molecule has 0 aliphatic carbocycles. The fraction of sp³-hybridized carbons (Fsp3) is 0.360. The molecule has 0 unspecified atom stereocenters. The lowest BCUT2D eigenvalue weighted by atomic mass is 10.2. The van der Waals surface area contributed by atoms with E-state index in [4.69, 9.17) is 14.2 Å². The number of nitrogens with zero attached hydrogens (tertiary/aromatic N) is 3. The van der Waals surface area contributed by atoms with E-state index in [0.717, 1.165) is 35.9 Å². The van der Waals surface area contributed by atoms with Gasteiger partial charge in [-0.3, -0.25) is 9.59 Å². The summed E-state index contributed by atoms with van der Waals surface area (Å²) in [5, 5.41) is 8.26. The van der Waals surface area contributed by atoms with Crippen LogP contribution >= 0.6 is 11.8 Å². The van der Waals surface area contributed by atoms with E-state index in [1.54, 1.807) is 32.4 Å². The maximum absolute atomic E-state index is 12.6. The number of carbonyl (C=O) groups is 1. The molecule has 2 aromatic carbocycles. The second-order valence-corrected chi connectivity index (χ2v) is 9.17. The number of H-pyrrole nitrogens is 1. The fourth-order valence-corrected chi connectivity index (χ4v) is 4.61. The number of amides is 1. The molecule has 10 heteroatoms. The second-order valence-electron chi connectivity index (χ2n) is 7.95. The van der Waals surface area contributed by atoms with Gasteiger partial charge in [-0.15, -0.1) is 10.2 Å². The van der Waals surface area contributed by atoms with Crippen LogP contribution in [-0.2, 0) is 17.8 Å². The third kappa shape index (κ3) is 6.33. The topological polar surface area (TPSA) is 107 Å². The summed E-state index contributed by atoms with van der Waals surface area (Å²) in [7, 11) is 3.17. The van der Waals surface area contributed by atoms with E-state index in [-0.39, 0.29) is 30.0 Å². The van der Waals surface area contributed by atoms with E-state index in [1.807, 2.05) is 40.9 Å². The molecule has 2 heterocycles. The Kier molecular flexibility index (Phi) is 8.25. The van der Waals surface area contributed by atoms with E-state index in [1.165, 1.54) is 0 Å². The molecule has 0 spiro atoms. The predicted molar refractivity (Wildman–Crippen MR) is 134 cm³/mol. The van der Waals surface area contributed by atoms with Crippen molar-refractivity contribution in [3.05, 3.63) is 64.1 Å². The summed E-state index contributed by atoms with van der Waals surface area (Å²) in [5.41, 5.74) is 1.49. The van der Waals surface area contributed by atoms with Crippen LogP contribution in [0.25, 0.3) is 11.4 Å². The van der Waals surface area contributed by atoms with Gasteiger partial charge in [0.25, 0.3) is 5.56 Å². The number of carbonyl (C=O) groups excluding carboxylic acids is 1. The highest BCUT2D eigenvalue weighted by Crippen LogP contribution is 2.32. The number of aromatic nitrogens is 3. The van der Waals surface area contributed by atoms with Gasteiger partial charge in [0.2, 0.25) is 5.91 Å². The molecule has 1 aliphatic rings. The smallest absolute Gasteiger partial charge is 0.273 e. The van der Waals surface area contributed by atoms with Crippen molar-refractivity contribution in [1.82, 2.24) is 20.1 Å². The van der Waals surface area contributed by atoms with Crippen LogP contribution in [0.15, 0.2) is 47.3 Å². The van der Waals surface area contributed by atoms with Crippen LogP contribution in [0, 0.1) is 0 Å². The maximum atomic E-state index is 12.6. The van der Waals surface area contributed by atoms with Crippen molar-refractivity contribution in [1.29, 1.82) is 0 Å². The number of benzene rings is 2. The van der Waals surface area contributed by atoms with Crippen molar-refractivity contribution >= 4 is 17.7 Å². The number of aryl methyl sites for hydroxylation is 1. The van der Waals surface area contributed by atoms with E-state index in [2.05, 4.69) is 15.2 Å². The molecular formula is C25H28N4O5S. The SMILES string of the molecule is COc1cccc(COc2ccc(-c3nnc(CCC(=O)N4CCSCC4)c(=O)[nH]3)cc2OC)c1. The van der Waals surface area contributed by atoms with Gasteiger partial charge in [-0.2, -0.15) is 11.8 Å². The number of rotatable bonds is 9. The number of aromatic amines is 1. The average Bonchev–Trinajstić information content (AvgIpc) is 2.91. The Hall–Kier alpha value is -3.53. The van der Waals surface area contributed by atoms with Crippen LogP contribution in [0.1, 0.15) is 17.7 Å². The van der Waals surface area contributed by atoms with Crippen LogP contribution < -0.4 is 19.8 Å². The van der Waals surface area contributed by atoms with Gasteiger partial charge in [-0.25, -0.2) is 0 Å². The monoisotopic (exact) mass is 496 g/mol. The summed E-state index contributed by atoms with van der Waals surface area (Å²) in [6.45, 7) is 1.85.